The number of halogens is 1. The van der Waals surface area contributed by atoms with E-state index < -0.39 is 0 Å². The van der Waals surface area contributed by atoms with Crippen molar-refractivity contribution in [3.05, 3.63) is 29.5 Å². The van der Waals surface area contributed by atoms with Crippen molar-refractivity contribution in [3.63, 3.8) is 0 Å². The Bertz CT molecular complexity index is 422. The summed E-state index contributed by atoms with van der Waals surface area (Å²) >= 11 is 5.94. The minimum Gasteiger partial charge on any atom is -0.329 e. The zero-order valence-corrected chi connectivity index (χ0v) is 7.75. The summed E-state index contributed by atoms with van der Waals surface area (Å²) in [4.78, 5) is 4.09. The van der Waals surface area contributed by atoms with Crippen LogP contribution in [0.15, 0.2) is 18.2 Å². The molecule has 0 bridgehead atoms. The lowest BCUT2D eigenvalue weighted by Crippen LogP contribution is -2.08. The predicted octanol–water partition coefficient (Wildman–Crippen LogP) is 1.45. The van der Waals surface area contributed by atoms with E-state index in [2.05, 4.69) is 11.3 Å². The number of hydrogen-bond donors (Lipinski definition) is 1. The Morgan fingerprint density at radius 3 is 3.15 bits per heavy atom. The average Bonchev–Trinajstić information content (AvgIpc) is 2.51. The molecule has 0 fully saturated rings. The zero-order chi connectivity index (χ0) is 9.26. The third kappa shape index (κ3) is 1.41. The summed E-state index contributed by atoms with van der Waals surface area (Å²) in [6.45, 7) is 1.30. The molecule has 1 aromatic carbocycles. The molecule has 0 spiro atoms. The summed E-state index contributed by atoms with van der Waals surface area (Å²) in [5, 5.41) is 0.657. The lowest BCUT2D eigenvalue weighted by molar-refractivity contribution is 0.722. The van der Waals surface area contributed by atoms with E-state index in [0.717, 1.165) is 17.6 Å². The number of nitrogens with zero attached hydrogens (tertiary/aromatic N) is 2. The number of aromatic nitrogens is 2. The van der Waals surface area contributed by atoms with Gasteiger partial charge in [-0.25, -0.2) is 4.98 Å². The van der Waals surface area contributed by atoms with E-state index in [0.29, 0.717) is 11.6 Å². The van der Waals surface area contributed by atoms with Crippen molar-refractivity contribution < 1.29 is 0 Å². The molecule has 1 radical (unpaired) electrons. The fraction of sp³-hybridized carbons (Fsp3) is 0.222. The third-order valence-electron chi connectivity index (χ3n) is 1.89. The summed E-state index contributed by atoms with van der Waals surface area (Å²) in [5.41, 5.74) is 7.22. The van der Waals surface area contributed by atoms with Crippen molar-refractivity contribution in [1.29, 1.82) is 0 Å². The van der Waals surface area contributed by atoms with Crippen LogP contribution < -0.4 is 5.73 Å². The van der Waals surface area contributed by atoms with E-state index in [-0.39, 0.29) is 0 Å². The van der Waals surface area contributed by atoms with Crippen LogP contribution in [0, 0.1) is 6.33 Å². The first-order valence-corrected chi connectivity index (χ1v) is 4.43. The maximum absolute atomic E-state index is 5.94. The van der Waals surface area contributed by atoms with Gasteiger partial charge in [-0.2, -0.15) is 0 Å². The first-order valence-electron chi connectivity index (χ1n) is 4.05. The molecule has 0 saturated heterocycles. The van der Waals surface area contributed by atoms with E-state index in [4.69, 9.17) is 17.3 Å². The maximum Gasteiger partial charge on any atom is 0.177 e. The number of hydrogen-bond acceptors (Lipinski definition) is 2. The van der Waals surface area contributed by atoms with Crippen LogP contribution in [-0.4, -0.2) is 16.1 Å². The highest BCUT2D eigenvalue weighted by Crippen LogP contribution is 2.20. The second-order valence-corrected chi connectivity index (χ2v) is 3.17. The average molecular weight is 195 g/mol. The summed E-state index contributed by atoms with van der Waals surface area (Å²) in [6, 6.07) is 5.67. The van der Waals surface area contributed by atoms with E-state index in [1.54, 1.807) is 0 Å². The lowest BCUT2D eigenvalue weighted by Gasteiger charge is -1.99. The Morgan fingerprint density at radius 2 is 2.38 bits per heavy atom. The highest BCUT2D eigenvalue weighted by molar-refractivity contribution is 6.34. The molecule has 0 unspecified atom stereocenters. The normalized spacial score (nSPS) is 10.9. The monoisotopic (exact) mass is 194 g/mol. The zero-order valence-electron chi connectivity index (χ0n) is 7.00. The van der Waals surface area contributed by atoms with Gasteiger partial charge >= 0.3 is 0 Å². The number of rotatable bonds is 2. The molecule has 1 aromatic heterocycles. The highest BCUT2D eigenvalue weighted by Gasteiger charge is 2.04. The molecular formula is C9H9ClN3. The van der Waals surface area contributed by atoms with Crippen LogP contribution in [0.1, 0.15) is 0 Å². The van der Waals surface area contributed by atoms with Gasteiger partial charge in [-0.3, -0.25) is 0 Å². The van der Waals surface area contributed by atoms with Gasteiger partial charge in [0.25, 0.3) is 0 Å². The maximum atomic E-state index is 5.94. The van der Waals surface area contributed by atoms with Crippen LogP contribution in [0.25, 0.3) is 11.0 Å². The molecule has 0 aliphatic rings. The van der Waals surface area contributed by atoms with E-state index >= 15 is 0 Å². The molecule has 4 heteroatoms. The van der Waals surface area contributed by atoms with Gasteiger partial charge in [-0.05, 0) is 12.1 Å². The van der Waals surface area contributed by atoms with Crippen molar-refractivity contribution in [2.24, 2.45) is 5.73 Å². The molecule has 2 N–H and O–H groups in total. The molecule has 67 valence electrons. The summed E-state index contributed by atoms with van der Waals surface area (Å²) in [5.74, 6) is 0. The SMILES string of the molecule is NCCn1[c]nc2c(Cl)cccc21. The van der Waals surface area contributed by atoms with Crippen molar-refractivity contribution >= 4 is 22.6 Å². The van der Waals surface area contributed by atoms with E-state index in [9.17, 15) is 0 Å². The minimum absolute atomic E-state index is 0.578. The summed E-state index contributed by atoms with van der Waals surface area (Å²) in [6.07, 6.45) is 2.86. The van der Waals surface area contributed by atoms with E-state index in [1.165, 1.54) is 0 Å². The van der Waals surface area contributed by atoms with Crippen LogP contribution in [0.4, 0.5) is 0 Å². The topological polar surface area (TPSA) is 43.8 Å². The third-order valence-corrected chi connectivity index (χ3v) is 2.20. The smallest absolute Gasteiger partial charge is 0.177 e. The fourth-order valence-corrected chi connectivity index (χ4v) is 1.51. The van der Waals surface area contributed by atoms with E-state index in [1.807, 2.05) is 22.8 Å². The largest absolute Gasteiger partial charge is 0.329 e. The Balaban J connectivity index is 2.61. The summed E-state index contributed by atoms with van der Waals surface area (Å²) in [7, 11) is 0. The fourth-order valence-electron chi connectivity index (χ4n) is 1.30. The number of benzene rings is 1. The number of para-hydroxylation sites is 1. The first kappa shape index (κ1) is 8.53. The quantitative estimate of drug-likeness (QED) is 0.787. The second-order valence-electron chi connectivity index (χ2n) is 2.76. The Kier molecular flexibility index (Phi) is 2.20. The van der Waals surface area contributed by atoms with Gasteiger partial charge in [0, 0.05) is 13.1 Å². The molecule has 2 rings (SSSR count). The van der Waals surface area contributed by atoms with Gasteiger partial charge in [-0.15, -0.1) is 0 Å². The number of imidazole rings is 1. The summed E-state index contributed by atoms with van der Waals surface area (Å²) < 4.78 is 1.88. The van der Waals surface area contributed by atoms with Gasteiger partial charge in [0.15, 0.2) is 6.33 Å². The lowest BCUT2D eigenvalue weighted by atomic mass is 10.3. The van der Waals surface area contributed by atoms with Gasteiger partial charge in [0.05, 0.1) is 10.5 Å². The van der Waals surface area contributed by atoms with Crippen LogP contribution in [-0.2, 0) is 6.54 Å². The number of nitrogens with two attached hydrogens (primary N) is 1. The Hall–Kier alpha value is -1.06. The molecule has 0 aliphatic carbocycles. The van der Waals surface area contributed by atoms with Crippen molar-refractivity contribution in [2.45, 2.75) is 6.54 Å². The molecule has 1 heterocycles. The number of fused-ring (bicyclic) bond motifs is 1. The van der Waals surface area contributed by atoms with Gasteiger partial charge < -0.3 is 10.3 Å². The Labute approximate surface area is 81.1 Å². The molecular weight excluding hydrogens is 186 g/mol. The predicted molar refractivity (Wildman–Crippen MR) is 52.6 cm³/mol. The van der Waals surface area contributed by atoms with Gasteiger partial charge in [-0.1, -0.05) is 17.7 Å². The van der Waals surface area contributed by atoms with Crippen LogP contribution >= 0.6 is 11.6 Å². The second kappa shape index (κ2) is 3.36. The van der Waals surface area contributed by atoms with Crippen molar-refractivity contribution in [1.82, 2.24) is 9.55 Å². The standard InChI is InChI=1S/C9H9ClN3/c10-7-2-1-3-8-9(7)12-6-13(8)5-4-11/h1-3H,4-5,11H2. The minimum atomic E-state index is 0.578. The highest BCUT2D eigenvalue weighted by atomic mass is 35.5. The molecule has 13 heavy (non-hydrogen) atoms. The molecule has 0 aliphatic heterocycles. The van der Waals surface area contributed by atoms with Gasteiger partial charge in [0.2, 0.25) is 0 Å². The molecule has 2 aromatic rings. The molecule has 0 amide bonds. The Morgan fingerprint density at radius 1 is 1.54 bits per heavy atom. The van der Waals surface area contributed by atoms with Crippen LogP contribution in [0.3, 0.4) is 0 Å². The molecule has 3 nitrogen and oxygen atoms in total. The van der Waals surface area contributed by atoms with Crippen molar-refractivity contribution in [3.8, 4) is 0 Å². The first-order chi connectivity index (χ1) is 6.33. The van der Waals surface area contributed by atoms with Crippen LogP contribution in [0.5, 0.6) is 0 Å². The molecule has 0 atom stereocenters. The van der Waals surface area contributed by atoms with Gasteiger partial charge in [0.1, 0.15) is 5.52 Å². The van der Waals surface area contributed by atoms with Crippen molar-refractivity contribution in [2.75, 3.05) is 6.54 Å². The van der Waals surface area contributed by atoms with Crippen LogP contribution in [0.2, 0.25) is 5.02 Å². The molecule has 0 saturated carbocycles.